The molecule has 2 aromatic carbocycles. The third-order valence-corrected chi connectivity index (χ3v) is 6.30. The highest BCUT2D eigenvalue weighted by molar-refractivity contribution is 7.89. The van der Waals surface area contributed by atoms with Crippen LogP contribution in [0.3, 0.4) is 0 Å². The van der Waals surface area contributed by atoms with E-state index >= 15 is 0 Å². The van der Waals surface area contributed by atoms with Crippen LogP contribution in [0.25, 0.3) is 0 Å². The number of halogens is 2. The summed E-state index contributed by atoms with van der Waals surface area (Å²) in [5.74, 6) is -0.0330. The summed E-state index contributed by atoms with van der Waals surface area (Å²) in [4.78, 5) is 12.2. The quantitative estimate of drug-likeness (QED) is 0.696. The Kier molecular flexibility index (Phi) is 7.49. The highest BCUT2D eigenvalue weighted by atomic mass is 35.5. The van der Waals surface area contributed by atoms with Crippen LogP contribution in [0.1, 0.15) is 12.5 Å². The lowest BCUT2D eigenvalue weighted by molar-refractivity contribution is -0.121. The lowest BCUT2D eigenvalue weighted by atomic mass is 10.2. The number of hydrogen-bond acceptors (Lipinski definition) is 4. The van der Waals surface area contributed by atoms with Gasteiger partial charge < -0.3 is 10.1 Å². The van der Waals surface area contributed by atoms with Gasteiger partial charge in [0.25, 0.3) is 0 Å². The number of carbonyl (C=O) groups excluding carboxylic acids is 1. The van der Waals surface area contributed by atoms with E-state index in [9.17, 15) is 13.2 Å². The van der Waals surface area contributed by atoms with Crippen molar-refractivity contribution in [3.8, 4) is 5.75 Å². The summed E-state index contributed by atoms with van der Waals surface area (Å²) in [5, 5.41) is 3.49. The maximum absolute atomic E-state index is 12.8. The molecule has 0 spiro atoms. The first-order valence-corrected chi connectivity index (χ1v) is 10.3. The zero-order valence-electron chi connectivity index (χ0n) is 14.9. The van der Waals surface area contributed by atoms with Crippen molar-refractivity contribution >= 4 is 39.1 Å². The van der Waals surface area contributed by atoms with Crippen LogP contribution in [-0.4, -0.2) is 38.8 Å². The summed E-state index contributed by atoms with van der Waals surface area (Å²) in [7, 11) is -2.42. The third kappa shape index (κ3) is 5.59. The van der Waals surface area contributed by atoms with Crippen molar-refractivity contribution in [2.75, 3.05) is 20.2 Å². The zero-order valence-corrected chi connectivity index (χ0v) is 17.2. The summed E-state index contributed by atoms with van der Waals surface area (Å²) < 4.78 is 31.7. The lowest BCUT2D eigenvalue weighted by Crippen LogP contribution is -2.40. The fourth-order valence-corrected chi connectivity index (χ4v) is 4.22. The Bertz CT molecular complexity index is 902. The van der Waals surface area contributed by atoms with Crippen molar-refractivity contribution in [3.05, 3.63) is 58.1 Å². The molecule has 0 heterocycles. The summed E-state index contributed by atoms with van der Waals surface area (Å²) in [5.41, 5.74) is 0.862. The first-order valence-electron chi connectivity index (χ1n) is 8.12. The van der Waals surface area contributed by atoms with Gasteiger partial charge in [-0.15, -0.1) is 0 Å². The molecule has 0 saturated carbocycles. The summed E-state index contributed by atoms with van der Waals surface area (Å²) in [6.07, 6.45) is 0. The Hall–Kier alpha value is -1.80. The predicted octanol–water partition coefficient (Wildman–Crippen LogP) is 3.33. The van der Waals surface area contributed by atoms with Crippen LogP contribution >= 0.6 is 23.2 Å². The van der Waals surface area contributed by atoms with Crippen molar-refractivity contribution in [2.45, 2.75) is 18.4 Å². The molecule has 0 saturated heterocycles. The number of amides is 1. The SMILES string of the molecule is CCN(CC(=O)NCc1ccc(Cl)cc1)S(=O)(=O)c1ccc(OC)c(Cl)c1. The van der Waals surface area contributed by atoms with E-state index in [1.165, 1.54) is 25.3 Å². The number of benzene rings is 2. The molecule has 2 aromatic rings. The predicted molar refractivity (Wildman–Crippen MR) is 106 cm³/mol. The number of likely N-dealkylation sites (N-methyl/N-ethyl adjacent to an activating group) is 1. The molecule has 0 atom stereocenters. The molecule has 0 unspecified atom stereocenters. The molecule has 6 nitrogen and oxygen atoms in total. The number of nitrogens with one attached hydrogen (secondary N) is 1. The maximum atomic E-state index is 12.8. The highest BCUT2D eigenvalue weighted by Gasteiger charge is 2.26. The van der Waals surface area contributed by atoms with E-state index in [0.717, 1.165) is 9.87 Å². The van der Waals surface area contributed by atoms with Crippen molar-refractivity contribution in [1.82, 2.24) is 9.62 Å². The van der Waals surface area contributed by atoms with Gasteiger partial charge in [-0.3, -0.25) is 4.79 Å². The van der Waals surface area contributed by atoms with Crippen LogP contribution in [0, 0.1) is 0 Å². The third-order valence-electron chi connectivity index (χ3n) is 3.84. The topological polar surface area (TPSA) is 75.7 Å². The molecule has 1 amide bonds. The van der Waals surface area contributed by atoms with Crippen LogP contribution in [0.15, 0.2) is 47.4 Å². The molecule has 2 rings (SSSR count). The van der Waals surface area contributed by atoms with Gasteiger partial charge in [0.05, 0.1) is 23.6 Å². The summed E-state index contributed by atoms with van der Waals surface area (Å²) >= 11 is 11.8. The Morgan fingerprint density at radius 3 is 2.37 bits per heavy atom. The van der Waals surface area contributed by atoms with Gasteiger partial charge >= 0.3 is 0 Å². The van der Waals surface area contributed by atoms with Gasteiger partial charge in [-0.1, -0.05) is 42.3 Å². The smallest absolute Gasteiger partial charge is 0.243 e. The average Bonchev–Trinajstić information content (AvgIpc) is 2.65. The molecule has 0 aliphatic rings. The van der Waals surface area contributed by atoms with Crippen molar-refractivity contribution in [1.29, 1.82) is 0 Å². The summed E-state index contributed by atoms with van der Waals surface area (Å²) in [6.45, 7) is 1.79. The number of methoxy groups -OCH3 is 1. The molecule has 0 fully saturated rings. The van der Waals surface area contributed by atoms with Gasteiger partial charge in [0.2, 0.25) is 15.9 Å². The standard InChI is InChI=1S/C18H20Cl2N2O4S/c1-3-22(12-18(23)21-11-13-4-6-14(19)7-5-13)27(24,25)15-8-9-17(26-2)16(20)10-15/h4-10H,3,11-12H2,1-2H3,(H,21,23). The number of nitrogens with zero attached hydrogens (tertiary/aromatic N) is 1. The molecule has 0 aliphatic carbocycles. The van der Waals surface area contributed by atoms with Gasteiger partial charge in [-0.05, 0) is 35.9 Å². The molecule has 0 aromatic heterocycles. The van der Waals surface area contributed by atoms with E-state index in [2.05, 4.69) is 5.32 Å². The second-order valence-electron chi connectivity index (χ2n) is 5.63. The Balaban J connectivity index is 2.07. The van der Waals surface area contributed by atoms with Gasteiger partial charge in [0.15, 0.2) is 0 Å². The van der Waals surface area contributed by atoms with E-state index in [1.807, 2.05) is 0 Å². The summed E-state index contributed by atoms with van der Waals surface area (Å²) in [6, 6.07) is 11.2. The number of ether oxygens (including phenoxy) is 1. The van der Waals surface area contributed by atoms with E-state index in [4.69, 9.17) is 27.9 Å². The maximum Gasteiger partial charge on any atom is 0.243 e. The van der Waals surface area contributed by atoms with Crippen molar-refractivity contribution in [3.63, 3.8) is 0 Å². The molecule has 1 N–H and O–H groups in total. The van der Waals surface area contributed by atoms with Gasteiger partial charge in [-0.25, -0.2) is 8.42 Å². The van der Waals surface area contributed by atoms with Gasteiger partial charge in [0.1, 0.15) is 5.75 Å². The first kappa shape index (κ1) is 21.5. The molecule has 0 bridgehead atoms. The molecule has 146 valence electrons. The molecular weight excluding hydrogens is 411 g/mol. The van der Waals surface area contributed by atoms with Gasteiger partial charge in [-0.2, -0.15) is 4.31 Å². The van der Waals surface area contributed by atoms with E-state index in [-0.39, 0.29) is 29.6 Å². The van der Waals surface area contributed by atoms with Crippen LogP contribution < -0.4 is 10.1 Å². The van der Waals surface area contributed by atoms with Crippen LogP contribution in [0.2, 0.25) is 10.0 Å². The lowest BCUT2D eigenvalue weighted by Gasteiger charge is -2.20. The highest BCUT2D eigenvalue weighted by Crippen LogP contribution is 2.28. The second-order valence-corrected chi connectivity index (χ2v) is 8.41. The largest absolute Gasteiger partial charge is 0.495 e. The van der Waals surface area contributed by atoms with E-state index in [0.29, 0.717) is 10.8 Å². The molecule has 27 heavy (non-hydrogen) atoms. The Morgan fingerprint density at radius 1 is 1.15 bits per heavy atom. The van der Waals surface area contributed by atoms with E-state index in [1.54, 1.807) is 31.2 Å². The fourth-order valence-electron chi connectivity index (χ4n) is 2.34. The number of carbonyl (C=O) groups is 1. The normalized spacial score (nSPS) is 11.4. The fraction of sp³-hybridized carbons (Fsp3) is 0.278. The Morgan fingerprint density at radius 2 is 1.81 bits per heavy atom. The minimum absolute atomic E-state index is 0.000603. The molecule has 9 heteroatoms. The monoisotopic (exact) mass is 430 g/mol. The first-order chi connectivity index (χ1) is 12.8. The van der Waals surface area contributed by atoms with E-state index < -0.39 is 15.9 Å². The number of rotatable bonds is 8. The minimum Gasteiger partial charge on any atom is -0.495 e. The number of sulfonamides is 1. The van der Waals surface area contributed by atoms with Crippen LogP contribution in [0.4, 0.5) is 0 Å². The molecule has 0 aliphatic heterocycles. The zero-order chi connectivity index (χ0) is 20.0. The second kappa shape index (κ2) is 9.41. The van der Waals surface area contributed by atoms with Crippen molar-refractivity contribution < 1.29 is 17.9 Å². The average molecular weight is 431 g/mol. The molecular formula is C18H20Cl2N2O4S. The molecule has 0 radical (unpaired) electrons. The van der Waals surface area contributed by atoms with Crippen LogP contribution in [-0.2, 0) is 21.4 Å². The Labute approximate surface area is 169 Å². The van der Waals surface area contributed by atoms with Gasteiger partial charge in [0, 0.05) is 18.1 Å². The van der Waals surface area contributed by atoms with Crippen LogP contribution in [0.5, 0.6) is 5.75 Å². The minimum atomic E-state index is -3.87. The van der Waals surface area contributed by atoms with Crippen molar-refractivity contribution in [2.24, 2.45) is 0 Å². The number of hydrogen-bond donors (Lipinski definition) is 1.